The van der Waals surface area contributed by atoms with E-state index in [1.165, 1.54) is 0 Å². The van der Waals surface area contributed by atoms with Crippen LogP contribution in [0.4, 0.5) is 5.69 Å². The van der Waals surface area contributed by atoms with Gasteiger partial charge in [0.05, 0.1) is 35.4 Å². The average molecular weight is 469 g/mol. The predicted octanol–water partition coefficient (Wildman–Crippen LogP) is 5.61. The van der Waals surface area contributed by atoms with Crippen molar-refractivity contribution < 1.29 is 9.53 Å². The topological polar surface area (TPSA) is 87.0 Å². The van der Waals surface area contributed by atoms with Crippen LogP contribution in [-0.4, -0.2) is 23.8 Å². The van der Waals surface area contributed by atoms with Crippen LogP contribution in [0.25, 0.3) is 0 Å². The number of para-hydroxylation sites is 2. The number of unbranched alkanes of at least 4 members (excludes halogenated alkanes) is 1. The van der Waals surface area contributed by atoms with Crippen LogP contribution in [0.15, 0.2) is 64.5 Å². The number of hydrogen-bond acceptors (Lipinski definition) is 6. The fraction of sp³-hybridized carbons (Fsp3) is 0.292. The summed E-state index contributed by atoms with van der Waals surface area (Å²) in [7, 11) is 1.55. The zero-order valence-corrected chi connectivity index (χ0v) is 19.8. The van der Waals surface area contributed by atoms with Crippen LogP contribution in [-0.2, 0) is 4.79 Å². The lowest BCUT2D eigenvalue weighted by Gasteiger charge is -2.30. The Labute approximate surface area is 197 Å². The molecule has 0 fully saturated rings. The Morgan fingerprint density at radius 3 is 2.81 bits per heavy atom. The van der Waals surface area contributed by atoms with Gasteiger partial charge in [0.25, 0.3) is 5.91 Å². The number of carbonyl (C=O) groups excluding carboxylic acids is 1. The number of benzene rings is 1. The molecule has 2 aromatic rings. The molecule has 0 radical (unpaired) electrons. The van der Waals surface area contributed by atoms with Gasteiger partial charge in [0, 0.05) is 23.0 Å². The number of methoxy groups -OCH3 is 1. The number of dihydropyridines is 1. The summed E-state index contributed by atoms with van der Waals surface area (Å²) >= 11 is 8.02. The van der Waals surface area contributed by atoms with Crippen LogP contribution in [0, 0.1) is 11.3 Å². The summed E-state index contributed by atoms with van der Waals surface area (Å²) in [6, 6.07) is 13.1. The van der Waals surface area contributed by atoms with Crippen LogP contribution in [0.3, 0.4) is 0 Å². The van der Waals surface area contributed by atoms with E-state index in [-0.39, 0.29) is 11.1 Å². The molecule has 166 valence electrons. The van der Waals surface area contributed by atoms with Crippen molar-refractivity contribution in [2.24, 2.45) is 0 Å². The Kier molecular flexibility index (Phi) is 8.20. The third-order valence-corrected chi connectivity index (χ3v) is 6.51. The van der Waals surface area contributed by atoms with Crippen LogP contribution in [0.2, 0.25) is 5.15 Å². The maximum absolute atomic E-state index is 13.5. The van der Waals surface area contributed by atoms with Crippen LogP contribution >= 0.6 is 23.4 Å². The SMILES string of the molecule is CCCCSC1=C(C#N)C(c2cccnc2Cl)C(C(=O)Nc2ccccc2OC)=C(C)N1. The number of thioether (sulfide) groups is 1. The first-order valence-electron chi connectivity index (χ1n) is 10.3. The van der Waals surface area contributed by atoms with Crippen molar-refractivity contribution in [2.75, 3.05) is 18.2 Å². The van der Waals surface area contributed by atoms with Gasteiger partial charge in [0.1, 0.15) is 10.9 Å². The lowest BCUT2D eigenvalue weighted by molar-refractivity contribution is -0.113. The van der Waals surface area contributed by atoms with Crippen molar-refractivity contribution in [3.63, 3.8) is 0 Å². The number of allylic oxidation sites excluding steroid dienone is 2. The van der Waals surface area contributed by atoms with E-state index < -0.39 is 5.92 Å². The summed E-state index contributed by atoms with van der Waals surface area (Å²) in [6.45, 7) is 3.96. The Morgan fingerprint density at radius 1 is 1.34 bits per heavy atom. The first kappa shape index (κ1) is 23.7. The van der Waals surface area contributed by atoms with E-state index in [1.807, 2.05) is 19.1 Å². The molecule has 2 heterocycles. The smallest absolute Gasteiger partial charge is 0.254 e. The summed E-state index contributed by atoms with van der Waals surface area (Å²) in [4.78, 5) is 17.7. The Morgan fingerprint density at radius 2 is 2.12 bits per heavy atom. The number of halogens is 1. The molecule has 0 spiro atoms. The molecule has 0 bridgehead atoms. The summed E-state index contributed by atoms with van der Waals surface area (Å²) in [6.07, 6.45) is 3.67. The Hall–Kier alpha value is -2.95. The molecule has 8 heteroatoms. The molecule has 32 heavy (non-hydrogen) atoms. The molecule has 3 rings (SSSR count). The third kappa shape index (κ3) is 5.09. The van der Waals surface area contributed by atoms with Crippen molar-refractivity contribution in [1.82, 2.24) is 10.3 Å². The van der Waals surface area contributed by atoms with Crippen molar-refractivity contribution in [2.45, 2.75) is 32.6 Å². The molecular formula is C24H25ClN4O2S. The standard InChI is InChI=1S/C24H25ClN4O2S/c1-4-5-13-32-24-17(14-26)21(16-9-8-12-27-22(16)25)20(15(2)28-24)23(30)29-18-10-6-7-11-19(18)31-3/h6-12,21,28H,4-5,13H2,1-3H3,(H,29,30). The number of carbonyl (C=O) groups is 1. The second-order valence-electron chi connectivity index (χ2n) is 7.19. The minimum absolute atomic E-state index is 0.264. The molecule has 6 nitrogen and oxygen atoms in total. The highest BCUT2D eigenvalue weighted by atomic mass is 35.5. The summed E-state index contributed by atoms with van der Waals surface area (Å²) in [5.74, 6) is 0.440. The number of nitriles is 1. The van der Waals surface area contributed by atoms with Gasteiger partial charge in [-0.25, -0.2) is 4.98 Å². The highest BCUT2D eigenvalue weighted by Crippen LogP contribution is 2.43. The van der Waals surface area contributed by atoms with Gasteiger partial charge < -0.3 is 15.4 Å². The summed E-state index contributed by atoms with van der Waals surface area (Å²) in [5, 5.41) is 17.3. The maximum atomic E-state index is 13.5. The lowest BCUT2D eigenvalue weighted by Crippen LogP contribution is -2.31. The van der Waals surface area contributed by atoms with Crippen LogP contribution in [0.1, 0.15) is 38.2 Å². The molecule has 1 atom stereocenters. The van der Waals surface area contributed by atoms with Gasteiger partial charge in [0.2, 0.25) is 0 Å². The van der Waals surface area contributed by atoms with Gasteiger partial charge in [-0.1, -0.05) is 43.1 Å². The van der Waals surface area contributed by atoms with E-state index >= 15 is 0 Å². The Balaban J connectivity index is 2.07. The molecule has 1 unspecified atom stereocenters. The van der Waals surface area contributed by atoms with Crippen molar-refractivity contribution in [3.8, 4) is 11.8 Å². The highest BCUT2D eigenvalue weighted by molar-refractivity contribution is 8.03. The number of pyridine rings is 1. The average Bonchev–Trinajstić information content (AvgIpc) is 2.79. The van der Waals surface area contributed by atoms with E-state index in [0.29, 0.717) is 33.8 Å². The monoisotopic (exact) mass is 468 g/mol. The summed E-state index contributed by atoms with van der Waals surface area (Å²) in [5.41, 5.74) is 2.70. The number of rotatable bonds is 8. The maximum Gasteiger partial charge on any atom is 0.254 e. The van der Waals surface area contributed by atoms with Crippen molar-refractivity contribution in [1.29, 1.82) is 5.26 Å². The number of ether oxygens (including phenoxy) is 1. The molecule has 0 saturated carbocycles. The van der Waals surface area contributed by atoms with Gasteiger partial charge in [0.15, 0.2) is 0 Å². The molecular weight excluding hydrogens is 444 g/mol. The first-order valence-corrected chi connectivity index (χ1v) is 11.7. The normalized spacial score (nSPS) is 15.8. The lowest BCUT2D eigenvalue weighted by atomic mass is 9.82. The molecule has 0 saturated heterocycles. The first-order chi connectivity index (χ1) is 15.5. The van der Waals surface area contributed by atoms with Gasteiger partial charge in [-0.05, 0) is 37.3 Å². The third-order valence-electron chi connectivity index (χ3n) is 5.09. The van der Waals surface area contributed by atoms with Crippen molar-refractivity contribution >= 4 is 35.0 Å². The number of amides is 1. The van der Waals surface area contributed by atoms with E-state index in [9.17, 15) is 10.1 Å². The molecule has 1 aliphatic heterocycles. The molecule has 1 aromatic heterocycles. The zero-order chi connectivity index (χ0) is 23.1. The molecule has 2 N–H and O–H groups in total. The quantitative estimate of drug-likeness (QED) is 0.386. The number of nitrogens with one attached hydrogen (secondary N) is 2. The predicted molar refractivity (Wildman–Crippen MR) is 129 cm³/mol. The number of anilines is 1. The number of aromatic nitrogens is 1. The van der Waals surface area contributed by atoms with E-state index in [0.717, 1.165) is 23.6 Å². The fourth-order valence-electron chi connectivity index (χ4n) is 3.51. The second-order valence-corrected chi connectivity index (χ2v) is 8.65. The largest absolute Gasteiger partial charge is 0.495 e. The van der Waals surface area contributed by atoms with E-state index in [1.54, 1.807) is 49.3 Å². The number of nitrogens with zero attached hydrogens (tertiary/aromatic N) is 2. The van der Waals surface area contributed by atoms with Crippen LogP contribution < -0.4 is 15.4 Å². The second kappa shape index (κ2) is 11.1. The van der Waals surface area contributed by atoms with Gasteiger partial charge in [-0.3, -0.25) is 4.79 Å². The minimum Gasteiger partial charge on any atom is -0.495 e. The molecule has 1 aromatic carbocycles. The van der Waals surface area contributed by atoms with E-state index in [4.69, 9.17) is 16.3 Å². The summed E-state index contributed by atoms with van der Waals surface area (Å²) < 4.78 is 5.36. The van der Waals surface area contributed by atoms with E-state index in [2.05, 4.69) is 28.6 Å². The number of hydrogen-bond donors (Lipinski definition) is 2. The van der Waals surface area contributed by atoms with Gasteiger partial charge in [-0.2, -0.15) is 5.26 Å². The van der Waals surface area contributed by atoms with Crippen LogP contribution in [0.5, 0.6) is 5.75 Å². The van der Waals surface area contributed by atoms with Gasteiger partial charge >= 0.3 is 0 Å². The molecule has 0 aliphatic carbocycles. The highest BCUT2D eigenvalue weighted by Gasteiger charge is 2.36. The molecule has 1 aliphatic rings. The minimum atomic E-state index is -0.638. The van der Waals surface area contributed by atoms with Crippen molar-refractivity contribution in [3.05, 3.63) is 75.2 Å². The zero-order valence-electron chi connectivity index (χ0n) is 18.2. The fourth-order valence-corrected chi connectivity index (χ4v) is 4.92. The Bertz CT molecular complexity index is 1110. The van der Waals surface area contributed by atoms with Gasteiger partial charge in [-0.15, -0.1) is 11.8 Å². The molecule has 1 amide bonds.